The third-order valence-electron chi connectivity index (χ3n) is 2.58. The third-order valence-corrected chi connectivity index (χ3v) is 2.58. The Balaban J connectivity index is 2.60. The summed E-state index contributed by atoms with van der Waals surface area (Å²) in [4.78, 5) is 0. The van der Waals surface area contributed by atoms with Gasteiger partial charge < -0.3 is 10.8 Å². The summed E-state index contributed by atoms with van der Waals surface area (Å²) < 4.78 is 0. The Hall–Kier alpha value is -1.96. The Bertz CT molecular complexity index is 477. The molecule has 2 aromatic carbocycles. The average molecular weight is 199 g/mol. The lowest BCUT2D eigenvalue weighted by Crippen LogP contribution is -1.92. The highest BCUT2D eigenvalue weighted by atomic mass is 16.3. The first-order chi connectivity index (χ1) is 7.20. The zero-order valence-electron chi connectivity index (χ0n) is 8.57. The molecule has 2 aromatic rings. The average Bonchev–Trinajstić information content (AvgIpc) is 2.27. The Morgan fingerprint density at radius 1 is 1.00 bits per heavy atom. The highest BCUT2D eigenvalue weighted by Crippen LogP contribution is 2.32. The SMILES string of the molecule is Cc1c(-c2ccccc2)ccc(O)c1N. The van der Waals surface area contributed by atoms with Gasteiger partial charge >= 0.3 is 0 Å². The van der Waals surface area contributed by atoms with Gasteiger partial charge in [-0.05, 0) is 29.7 Å². The number of nitrogens with two attached hydrogens (primary N) is 1. The van der Waals surface area contributed by atoms with Gasteiger partial charge in [0.25, 0.3) is 0 Å². The van der Waals surface area contributed by atoms with E-state index < -0.39 is 0 Å². The normalized spacial score (nSPS) is 10.2. The molecule has 2 rings (SSSR count). The number of phenols is 1. The molecule has 0 amide bonds. The number of anilines is 1. The molecule has 0 saturated heterocycles. The van der Waals surface area contributed by atoms with Crippen molar-refractivity contribution in [3.63, 3.8) is 0 Å². The van der Waals surface area contributed by atoms with Gasteiger partial charge in [0.05, 0.1) is 5.69 Å². The smallest absolute Gasteiger partial charge is 0.138 e. The minimum atomic E-state index is 0.146. The molecule has 0 unspecified atom stereocenters. The molecule has 0 aliphatic heterocycles. The topological polar surface area (TPSA) is 46.2 Å². The second kappa shape index (κ2) is 3.65. The lowest BCUT2D eigenvalue weighted by atomic mass is 9.99. The maximum atomic E-state index is 9.45. The van der Waals surface area contributed by atoms with Crippen molar-refractivity contribution < 1.29 is 5.11 Å². The maximum Gasteiger partial charge on any atom is 0.138 e. The molecular weight excluding hydrogens is 186 g/mol. The van der Waals surface area contributed by atoms with Crippen molar-refractivity contribution in [3.8, 4) is 16.9 Å². The van der Waals surface area contributed by atoms with Gasteiger partial charge in [-0.2, -0.15) is 0 Å². The van der Waals surface area contributed by atoms with Crippen LogP contribution in [0.25, 0.3) is 11.1 Å². The monoisotopic (exact) mass is 199 g/mol. The maximum absolute atomic E-state index is 9.45. The summed E-state index contributed by atoms with van der Waals surface area (Å²) >= 11 is 0. The Morgan fingerprint density at radius 3 is 2.33 bits per heavy atom. The van der Waals surface area contributed by atoms with Crippen molar-refractivity contribution in [1.29, 1.82) is 0 Å². The number of rotatable bonds is 1. The quantitative estimate of drug-likeness (QED) is 0.548. The molecule has 3 N–H and O–H groups in total. The Morgan fingerprint density at radius 2 is 1.67 bits per heavy atom. The number of phenolic OH excluding ortho intramolecular Hbond substituents is 1. The van der Waals surface area contributed by atoms with Gasteiger partial charge in [-0.25, -0.2) is 0 Å². The third kappa shape index (κ3) is 1.66. The van der Waals surface area contributed by atoms with Gasteiger partial charge in [-0.3, -0.25) is 0 Å². The van der Waals surface area contributed by atoms with E-state index in [9.17, 15) is 5.11 Å². The van der Waals surface area contributed by atoms with E-state index in [1.165, 1.54) is 0 Å². The van der Waals surface area contributed by atoms with Crippen LogP contribution in [0.1, 0.15) is 5.56 Å². The summed E-state index contributed by atoms with van der Waals surface area (Å²) in [5, 5.41) is 9.45. The second-order valence-electron chi connectivity index (χ2n) is 3.54. The molecule has 76 valence electrons. The predicted octanol–water partition coefficient (Wildman–Crippen LogP) is 2.95. The van der Waals surface area contributed by atoms with Crippen molar-refractivity contribution in [1.82, 2.24) is 0 Å². The lowest BCUT2D eigenvalue weighted by molar-refractivity contribution is 0.477. The molecule has 0 aliphatic rings. The van der Waals surface area contributed by atoms with Crippen LogP contribution >= 0.6 is 0 Å². The van der Waals surface area contributed by atoms with E-state index >= 15 is 0 Å². The number of aromatic hydroxyl groups is 1. The fourth-order valence-electron chi connectivity index (χ4n) is 1.64. The van der Waals surface area contributed by atoms with Crippen LogP contribution in [-0.4, -0.2) is 5.11 Å². The van der Waals surface area contributed by atoms with Crippen molar-refractivity contribution in [3.05, 3.63) is 48.0 Å². The van der Waals surface area contributed by atoms with Crippen LogP contribution in [0.5, 0.6) is 5.75 Å². The van der Waals surface area contributed by atoms with E-state index in [-0.39, 0.29) is 5.75 Å². The van der Waals surface area contributed by atoms with Crippen LogP contribution in [0.15, 0.2) is 42.5 Å². The summed E-state index contributed by atoms with van der Waals surface area (Å²) in [6.07, 6.45) is 0. The molecule has 0 fully saturated rings. The van der Waals surface area contributed by atoms with Gasteiger partial charge in [0.15, 0.2) is 0 Å². The highest BCUT2D eigenvalue weighted by Gasteiger charge is 2.07. The van der Waals surface area contributed by atoms with E-state index in [0.29, 0.717) is 5.69 Å². The van der Waals surface area contributed by atoms with E-state index in [0.717, 1.165) is 16.7 Å². The number of hydrogen-bond acceptors (Lipinski definition) is 2. The molecule has 2 nitrogen and oxygen atoms in total. The van der Waals surface area contributed by atoms with E-state index in [2.05, 4.69) is 0 Å². The van der Waals surface area contributed by atoms with E-state index in [1.54, 1.807) is 6.07 Å². The zero-order chi connectivity index (χ0) is 10.8. The van der Waals surface area contributed by atoms with Crippen molar-refractivity contribution in [2.24, 2.45) is 0 Å². The highest BCUT2D eigenvalue weighted by molar-refractivity contribution is 5.75. The molecule has 2 heteroatoms. The fourth-order valence-corrected chi connectivity index (χ4v) is 1.64. The van der Waals surface area contributed by atoms with Crippen LogP contribution in [-0.2, 0) is 0 Å². The molecule has 0 heterocycles. The summed E-state index contributed by atoms with van der Waals surface area (Å²) in [6, 6.07) is 13.5. The molecule has 0 radical (unpaired) electrons. The Kier molecular flexibility index (Phi) is 2.34. The lowest BCUT2D eigenvalue weighted by Gasteiger charge is -2.09. The van der Waals surface area contributed by atoms with E-state index in [4.69, 9.17) is 5.73 Å². The number of benzene rings is 2. The van der Waals surface area contributed by atoms with Gasteiger partial charge in [0.1, 0.15) is 5.75 Å². The molecule has 0 saturated carbocycles. The van der Waals surface area contributed by atoms with Crippen LogP contribution in [0.4, 0.5) is 5.69 Å². The number of hydrogen-bond donors (Lipinski definition) is 2. The molecule has 15 heavy (non-hydrogen) atoms. The largest absolute Gasteiger partial charge is 0.506 e. The predicted molar refractivity (Wildman–Crippen MR) is 62.7 cm³/mol. The van der Waals surface area contributed by atoms with Crippen LogP contribution in [0.2, 0.25) is 0 Å². The molecule has 0 bridgehead atoms. The van der Waals surface area contributed by atoms with E-state index in [1.807, 2.05) is 43.3 Å². The zero-order valence-corrected chi connectivity index (χ0v) is 8.57. The van der Waals surface area contributed by atoms with Gasteiger partial charge in [-0.1, -0.05) is 36.4 Å². The van der Waals surface area contributed by atoms with Gasteiger partial charge in [-0.15, -0.1) is 0 Å². The van der Waals surface area contributed by atoms with Crippen LogP contribution in [0.3, 0.4) is 0 Å². The molecule has 0 aliphatic carbocycles. The van der Waals surface area contributed by atoms with Crippen molar-refractivity contribution >= 4 is 5.69 Å². The number of nitrogen functional groups attached to an aromatic ring is 1. The molecule has 0 aromatic heterocycles. The minimum Gasteiger partial charge on any atom is -0.506 e. The van der Waals surface area contributed by atoms with Crippen LogP contribution in [0, 0.1) is 6.92 Å². The summed E-state index contributed by atoms with van der Waals surface area (Å²) in [5.41, 5.74) is 9.32. The fraction of sp³-hybridized carbons (Fsp3) is 0.0769. The first-order valence-corrected chi connectivity index (χ1v) is 4.83. The molecular formula is C13H13NO. The summed E-state index contributed by atoms with van der Waals surface area (Å²) in [7, 11) is 0. The van der Waals surface area contributed by atoms with Crippen molar-refractivity contribution in [2.75, 3.05) is 5.73 Å². The van der Waals surface area contributed by atoms with Crippen molar-refractivity contribution in [2.45, 2.75) is 6.92 Å². The van der Waals surface area contributed by atoms with Crippen LogP contribution < -0.4 is 5.73 Å². The molecule has 0 atom stereocenters. The Labute approximate surface area is 89.0 Å². The first kappa shape index (κ1) is 9.59. The molecule has 0 spiro atoms. The second-order valence-corrected chi connectivity index (χ2v) is 3.54. The van der Waals surface area contributed by atoms with Gasteiger partial charge in [0, 0.05) is 0 Å². The summed E-state index contributed by atoms with van der Waals surface area (Å²) in [5.74, 6) is 0.146. The minimum absolute atomic E-state index is 0.146. The van der Waals surface area contributed by atoms with Gasteiger partial charge in [0.2, 0.25) is 0 Å². The standard InChI is InChI=1S/C13H13NO/c1-9-11(7-8-12(15)13(9)14)10-5-3-2-4-6-10/h2-8,15H,14H2,1H3. The first-order valence-electron chi connectivity index (χ1n) is 4.83. The summed E-state index contributed by atoms with van der Waals surface area (Å²) in [6.45, 7) is 1.91.